The summed E-state index contributed by atoms with van der Waals surface area (Å²) in [4.78, 5) is 15.1. The van der Waals surface area contributed by atoms with Crippen molar-refractivity contribution in [3.05, 3.63) is 60.2 Å². The molecule has 1 aliphatic heterocycles. The van der Waals surface area contributed by atoms with Crippen LogP contribution in [0.25, 0.3) is 0 Å². The van der Waals surface area contributed by atoms with E-state index in [0.29, 0.717) is 12.2 Å². The van der Waals surface area contributed by atoms with Crippen LogP contribution < -0.4 is 9.47 Å². The first-order chi connectivity index (χ1) is 13.9. The van der Waals surface area contributed by atoms with Crippen LogP contribution in [0.1, 0.15) is 39.7 Å². The van der Waals surface area contributed by atoms with Crippen molar-refractivity contribution in [3.8, 4) is 11.5 Å². The molecule has 1 aliphatic rings. The number of hydrogen-bond acceptors (Lipinski definition) is 5. The number of carbonyl (C=O) groups is 1. The number of nitrogens with zero attached hydrogens (tertiary/aromatic N) is 1. The second-order valence-corrected chi connectivity index (χ2v) is 7.90. The van der Waals surface area contributed by atoms with Gasteiger partial charge in [0.25, 0.3) is 0 Å². The van der Waals surface area contributed by atoms with Crippen LogP contribution >= 0.6 is 0 Å². The molecule has 5 heteroatoms. The zero-order chi connectivity index (χ0) is 20.9. The topological polar surface area (TPSA) is 48.0 Å². The van der Waals surface area contributed by atoms with E-state index in [1.54, 1.807) is 12.1 Å². The SMILES string of the molecule is CCN1CC[C@](OC(=O)Oc2ccccc2)(c2cccc(OC(C)C)c2)[C@@H](C)C1. The highest BCUT2D eigenvalue weighted by Gasteiger charge is 2.46. The van der Waals surface area contributed by atoms with Gasteiger partial charge in [-0.1, -0.05) is 44.2 Å². The van der Waals surface area contributed by atoms with E-state index < -0.39 is 11.8 Å². The van der Waals surface area contributed by atoms with Gasteiger partial charge in [0.1, 0.15) is 17.1 Å². The van der Waals surface area contributed by atoms with Crippen molar-refractivity contribution in [3.63, 3.8) is 0 Å². The smallest absolute Gasteiger partial charge is 0.491 e. The molecule has 2 aromatic rings. The van der Waals surface area contributed by atoms with Crippen molar-refractivity contribution in [2.24, 2.45) is 5.92 Å². The first kappa shape index (κ1) is 21.2. The third kappa shape index (κ3) is 5.10. The summed E-state index contributed by atoms with van der Waals surface area (Å²) in [7, 11) is 0. The van der Waals surface area contributed by atoms with Gasteiger partial charge in [-0.05, 0) is 50.2 Å². The van der Waals surface area contributed by atoms with Crippen LogP contribution in [0.5, 0.6) is 11.5 Å². The summed E-state index contributed by atoms with van der Waals surface area (Å²) >= 11 is 0. The van der Waals surface area contributed by atoms with E-state index in [-0.39, 0.29) is 12.0 Å². The highest BCUT2D eigenvalue weighted by molar-refractivity contribution is 5.65. The monoisotopic (exact) mass is 397 g/mol. The second-order valence-electron chi connectivity index (χ2n) is 7.90. The number of para-hydroxylation sites is 1. The van der Waals surface area contributed by atoms with Gasteiger partial charge in [0, 0.05) is 25.4 Å². The number of ether oxygens (including phenoxy) is 3. The summed E-state index contributed by atoms with van der Waals surface area (Å²) in [6.07, 6.45) is 0.101. The van der Waals surface area contributed by atoms with E-state index in [1.165, 1.54) is 0 Å². The minimum atomic E-state index is -0.756. The maximum absolute atomic E-state index is 12.7. The molecule has 0 aliphatic carbocycles. The number of carbonyl (C=O) groups excluding carboxylic acids is 1. The first-order valence-electron chi connectivity index (χ1n) is 10.4. The van der Waals surface area contributed by atoms with E-state index in [4.69, 9.17) is 14.2 Å². The van der Waals surface area contributed by atoms with Crippen molar-refractivity contribution in [2.75, 3.05) is 19.6 Å². The number of likely N-dealkylation sites (tertiary alicyclic amines) is 1. The van der Waals surface area contributed by atoms with E-state index in [0.717, 1.165) is 30.9 Å². The van der Waals surface area contributed by atoms with Crippen molar-refractivity contribution in [1.82, 2.24) is 4.90 Å². The molecule has 0 spiro atoms. The summed E-state index contributed by atoms with van der Waals surface area (Å²) in [5.41, 5.74) is 0.192. The molecule has 0 amide bonds. The molecule has 156 valence electrons. The van der Waals surface area contributed by atoms with Gasteiger partial charge in [0.2, 0.25) is 0 Å². The summed E-state index contributed by atoms with van der Waals surface area (Å²) in [6, 6.07) is 16.9. The molecule has 0 aromatic heterocycles. The van der Waals surface area contributed by atoms with Crippen LogP contribution in [0.4, 0.5) is 4.79 Å². The first-order valence-corrected chi connectivity index (χ1v) is 10.4. The molecule has 0 unspecified atom stereocenters. The molecule has 2 atom stereocenters. The third-order valence-electron chi connectivity index (χ3n) is 5.48. The largest absolute Gasteiger partial charge is 0.514 e. The summed E-state index contributed by atoms with van der Waals surface area (Å²) in [5.74, 6) is 1.36. The quantitative estimate of drug-likeness (QED) is 0.492. The minimum Gasteiger partial charge on any atom is -0.491 e. The number of benzene rings is 2. The van der Waals surface area contributed by atoms with Crippen molar-refractivity contribution in [1.29, 1.82) is 0 Å². The Balaban J connectivity index is 1.89. The predicted octanol–water partition coefficient (Wildman–Crippen LogP) is 5.25. The Hall–Kier alpha value is -2.53. The number of rotatable bonds is 6. The van der Waals surface area contributed by atoms with Gasteiger partial charge in [-0.3, -0.25) is 0 Å². The van der Waals surface area contributed by atoms with Crippen molar-refractivity contribution < 1.29 is 19.0 Å². The molecule has 0 radical (unpaired) electrons. The van der Waals surface area contributed by atoms with Gasteiger partial charge < -0.3 is 19.1 Å². The Labute approximate surface area is 173 Å². The average molecular weight is 398 g/mol. The molecule has 29 heavy (non-hydrogen) atoms. The normalized spacial score (nSPS) is 22.3. The molecule has 0 saturated carbocycles. The molecular weight excluding hydrogens is 366 g/mol. The Morgan fingerprint density at radius 2 is 1.86 bits per heavy atom. The van der Waals surface area contributed by atoms with E-state index in [2.05, 4.69) is 18.7 Å². The van der Waals surface area contributed by atoms with E-state index in [9.17, 15) is 4.79 Å². The van der Waals surface area contributed by atoms with Gasteiger partial charge in [-0.2, -0.15) is 0 Å². The van der Waals surface area contributed by atoms with Crippen LogP contribution in [0.3, 0.4) is 0 Å². The van der Waals surface area contributed by atoms with Gasteiger partial charge in [-0.25, -0.2) is 4.79 Å². The molecule has 1 fully saturated rings. The number of hydrogen-bond donors (Lipinski definition) is 0. The van der Waals surface area contributed by atoms with Gasteiger partial charge >= 0.3 is 6.16 Å². The lowest BCUT2D eigenvalue weighted by atomic mass is 9.76. The van der Waals surface area contributed by atoms with Crippen LogP contribution in [-0.4, -0.2) is 36.8 Å². The fourth-order valence-corrected chi connectivity index (χ4v) is 3.98. The van der Waals surface area contributed by atoms with Crippen LogP contribution in [-0.2, 0) is 10.3 Å². The summed E-state index contributed by atoms with van der Waals surface area (Å²) < 4.78 is 17.4. The highest BCUT2D eigenvalue weighted by Crippen LogP contribution is 2.42. The molecular formula is C24H31NO4. The Kier molecular flexibility index (Phi) is 6.80. The van der Waals surface area contributed by atoms with Gasteiger partial charge in [0.15, 0.2) is 0 Å². The summed E-state index contributed by atoms with van der Waals surface area (Å²) in [6.45, 7) is 11.0. The lowest BCUT2D eigenvalue weighted by Gasteiger charge is -2.45. The third-order valence-corrected chi connectivity index (χ3v) is 5.48. The Bertz CT molecular complexity index is 808. The molecule has 2 aromatic carbocycles. The molecule has 1 saturated heterocycles. The van der Waals surface area contributed by atoms with E-state index in [1.807, 2.05) is 56.3 Å². The average Bonchev–Trinajstić information content (AvgIpc) is 2.70. The fourth-order valence-electron chi connectivity index (χ4n) is 3.98. The van der Waals surface area contributed by atoms with Gasteiger partial charge in [0.05, 0.1) is 6.10 Å². The minimum absolute atomic E-state index is 0.0736. The zero-order valence-electron chi connectivity index (χ0n) is 17.8. The summed E-state index contributed by atoms with van der Waals surface area (Å²) in [5, 5.41) is 0. The van der Waals surface area contributed by atoms with E-state index >= 15 is 0 Å². The predicted molar refractivity (Wildman–Crippen MR) is 113 cm³/mol. The highest BCUT2D eigenvalue weighted by atomic mass is 16.7. The Morgan fingerprint density at radius 1 is 1.14 bits per heavy atom. The molecule has 0 N–H and O–H groups in total. The van der Waals surface area contributed by atoms with Crippen molar-refractivity contribution in [2.45, 2.75) is 45.8 Å². The maximum atomic E-state index is 12.7. The number of piperidine rings is 1. The molecule has 5 nitrogen and oxygen atoms in total. The molecule has 3 rings (SSSR count). The lowest BCUT2D eigenvalue weighted by molar-refractivity contribution is -0.0922. The van der Waals surface area contributed by atoms with Crippen LogP contribution in [0.2, 0.25) is 0 Å². The standard InChI is InChI=1S/C24H31NO4/c1-5-25-15-14-24(19(4)17-25,20-10-9-13-22(16-20)27-18(2)3)29-23(26)28-21-11-7-6-8-12-21/h6-13,16,18-19H,5,14-15,17H2,1-4H3/t19-,24+/m0/s1. The maximum Gasteiger partial charge on any atom is 0.514 e. The fraction of sp³-hybridized carbons (Fsp3) is 0.458. The van der Waals surface area contributed by atoms with Crippen LogP contribution in [0, 0.1) is 5.92 Å². The molecule has 0 bridgehead atoms. The Morgan fingerprint density at radius 3 is 2.52 bits per heavy atom. The van der Waals surface area contributed by atoms with Gasteiger partial charge in [-0.15, -0.1) is 0 Å². The van der Waals surface area contributed by atoms with Crippen LogP contribution in [0.15, 0.2) is 54.6 Å². The van der Waals surface area contributed by atoms with Crippen molar-refractivity contribution >= 4 is 6.16 Å². The second kappa shape index (κ2) is 9.31. The zero-order valence-corrected chi connectivity index (χ0v) is 17.8. The lowest BCUT2D eigenvalue weighted by Crippen LogP contribution is -2.51. The molecule has 1 heterocycles.